The molecule has 94 valence electrons. The topological polar surface area (TPSA) is 47.4 Å². The molecule has 0 aromatic carbocycles. The third-order valence-electron chi connectivity index (χ3n) is 3.28. The summed E-state index contributed by atoms with van der Waals surface area (Å²) in [5.41, 5.74) is 1.63. The van der Waals surface area contributed by atoms with Gasteiger partial charge in [-0.3, -0.25) is 4.68 Å². The van der Waals surface area contributed by atoms with Gasteiger partial charge in [-0.25, -0.2) is 4.79 Å². The number of aromatic nitrogens is 2. The number of aryl methyl sites for hydroxylation is 1. The third-order valence-corrected chi connectivity index (χ3v) is 3.28. The summed E-state index contributed by atoms with van der Waals surface area (Å²) in [5.74, 6) is -0.256. The first kappa shape index (κ1) is 12.1. The Morgan fingerprint density at radius 2 is 2.41 bits per heavy atom. The first-order valence-corrected chi connectivity index (χ1v) is 6.01. The van der Waals surface area contributed by atoms with Gasteiger partial charge in [0.1, 0.15) is 5.56 Å². The van der Waals surface area contributed by atoms with Crippen LogP contribution in [0.15, 0.2) is 6.20 Å². The van der Waals surface area contributed by atoms with Crippen molar-refractivity contribution in [3.8, 4) is 0 Å². The molecule has 2 rings (SSSR count). The Kier molecular flexibility index (Phi) is 3.47. The molecule has 1 aromatic heterocycles. The Balaban J connectivity index is 2.22. The molecule has 1 unspecified atom stereocenters. The summed E-state index contributed by atoms with van der Waals surface area (Å²) in [4.78, 5) is 14.0. The van der Waals surface area contributed by atoms with Gasteiger partial charge in [-0.05, 0) is 27.4 Å². The summed E-state index contributed by atoms with van der Waals surface area (Å²) in [6, 6.07) is 0.479. The SMILES string of the molecule is CCOC(=O)c1cnn2c1CC(N(C)C)CC2. The van der Waals surface area contributed by atoms with Crippen LogP contribution in [-0.2, 0) is 17.7 Å². The molecule has 0 saturated heterocycles. The van der Waals surface area contributed by atoms with Crippen molar-refractivity contribution in [3.63, 3.8) is 0 Å². The van der Waals surface area contributed by atoms with Gasteiger partial charge in [0.25, 0.3) is 0 Å². The van der Waals surface area contributed by atoms with Gasteiger partial charge in [0, 0.05) is 19.0 Å². The van der Waals surface area contributed by atoms with Crippen LogP contribution in [0.4, 0.5) is 0 Å². The van der Waals surface area contributed by atoms with Crippen LogP contribution < -0.4 is 0 Å². The maximum absolute atomic E-state index is 11.8. The molecule has 5 nitrogen and oxygen atoms in total. The highest BCUT2D eigenvalue weighted by Crippen LogP contribution is 2.21. The minimum absolute atomic E-state index is 0.256. The van der Waals surface area contributed by atoms with E-state index < -0.39 is 0 Å². The predicted molar refractivity (Wildman–Crippen MR) is 64.0 cm³/mol. The maximum Gasteiger partial charge on any atom is 0.341 e. The number of hydrogen-bond donors (Lipinski definition) is 0. The highest BCUT2D eigenvalue weighted by molar-refractivity contribution is 5.90. The molecule has 1 aliphatic rings. The van der Waals surface area contributed by atoms with Gasteiger partial charge in [-0.2, -0.15) is 5.10 Å². The summed E-state index contributed by atoms with van der Waals surface area (Å²) in [6.07, 6.45) is 3.57. The van der Waals surface area contributed by atoms with Gasteiger partial charge >= 0.3 is 5.97 Å². The smallest absolute Gasteiger partial charge is 0.341 e. The Morgan fingerprint density at radius 1 is 1.65 bits per heavy atom. The van der Waals surface area contributed by atoms with Crippen LogP contribution in [-0.4, -0.2) is 47.4 Å². The van der Waals surface area contributed by atoms with E-state index in [2.05, 4.69) is 24.1 Å². The van der Waals surface area contributed by atoms with E-state index in [4.69, 9.17) is 4.74 Å². The number of esters is 1. The number of nitrogens with zero attached hydrogens (tertiary/aromatic N) is 3. The zero-order valence-electron chi connectivity index (χ0n) is 10.6. The van der Waals surface area contributed by atoms with E-state index in [-0.39, 0.29) is 5.97 Å². The van der Waals surface area contributed by atoms with Crippen molar-refractivity contribution >= 4 is 5.97 Å². The first-order valence-electron chi connectivity index (χ1n) is 6.01. The van der Waals surface area contributed by atoms with Crippen molar-refractivity contribution in [1.29, 1.82) is 0 Å². The second-order valence-corrected chi connectivity index (χ2v) is 4.56. The fraction of sp³-hybridized carbons (Fsp3) is 0.667. The summed E-state index contributed by atoms with van der Waals surface area (Å²) >= 11 is 0. The molecule has 2 heterocycles. The molecule has 0 fully saturated rings. The van der Waals surface area contributed by atoms with E-state index in [1.807, 2.05) is 11.6 Å². The molecule has 1 aliphatic heterocycles. The van der Waals surface area contributed by atoms with Crippen LogP contribution in [0.1, 0.15) is 29.4 Å². The number of likely N-dealkylation sites (N-methyl/N-ethyl adjacent to an activating group) is 1. The zero-order chi connectivity index (χ0) is 12.4. The van der Waals surface area contributed by atoms with E-state index in [1.165, 1.54) is 0 Å². The number of hydrogen-bond acceptors (Lipinski definition) is 4. The summed E-state index contributed by atoms with van der Waals surface area (Å²) < 4.78 is 6.97. The van der Waals surface area contributed by atoms with Crippen molar-refractivity contribution in [3.05, 3.63) is 17.5 Å². The van der Waals surface area contributed by atoms with Crippen LogP contribution in [0.25, 0.3) is 0 Å². The largest absolute Gasteiger partial charge is 0.462 e. The average Bonchev–Trinajstić information content (AvgIpc) is 2.71. The van der Waals surface area contributed by atoms with E-state index in [9.17, 15) is 4.79 Å². The van der Waals surface area contributed by atoms with Crippen LogP contribution in [0.3, 0.4) is 0 Å². The van der Waals surface area contributed by atoms with Gasteiger partial charge in [0.15, 0.2) is 0 Å². The molecular weight excluding hydrogens is 218 g/mol. The van der Waals surface area contributed by atoms with E-state index in [0.717, 1.165) is 25.1 Å². The molecule has 17 heavy (non-hydrogen) atoms. The van der Waals surface area contributed by atoms with Crippen molar-refractivity contribution < 1.29 is 9.53 Å². The monoisotopic (exact) mass is 237 g/mol. The van der Waals surface area contributed by atoms with Gasteiger partial charge in [-0.1, -0.05) is 0 Å². The molecule has 0 N–H and O–H groups in total. The third kappa shape index (κ3) is 2.34. The molecule has 0 saturated carbocycles. The second-order valence-electron chi connectivity index (χ2n) is 4.56. The molecule has 0 bridgehead atoms. The lowest BCUT2D eigenvalue weighted by atomic mass is 10.0. The summed E-state index contributed by atoms with van der Waals surface area (Å²) in [7, 11) is 4.14. The average molecular weight is 237 g/mol. The molecule has 1 aromatic rings. The quantitative estimate of drug-likeness (QED) is 0.734. The Hall–Kier alpha value is -1.36. The summed E-state index contributed by atoms with van der Waals surface area (Å²) in [5, 5.41) is 4.25. The highest BCUT2D eigenvalue weighted by Gasteiger charge is 2.26. The van der Waals surface area contributed by atoms with Crippen molar-refractivity contribution in [2.45, 2.75) is 32.4 Å². The minimum Gasteiger partial charge on any atom is -0.462 e. The molecule has 0 amide bonds. The predicted octanol–water partition coefficient (Wildman–Crippen LogP) is 0.936. The van der Waals surface area contributed by atoms with Crippen LogP contribution in [0.2, 0.25) is 0 Å². The number of carbonyl (C=O) groups excluding carboxylic acids is 1. The minimum atomic E-state index is -0.256. The maximum atomic E-state index is 11.8. The highest BCUT2D eigenvalue weighted by atomic mass is 16.5. The number of carbonyl (C=O) groups is 1. The second kappa shape index (κ2) is 4.87. The Labute approximate surface area is 101 Å². The van der Waals surface area contributed by atoms with Gasteiger partial charge in [0.05, 0.1) is 18.5 Å². The Morgan fingerprint density at radius 3 is 3.06 bits per heavy atom. The fourth-order valence-electron chi connectivity index (χ4n) is 2.24. The number of rotatable bonds is 3. The molecular formula is C12H19N3O2. The number of fused-ring (bicyclic) bond motifs is 1. The first-order chi connectivity index (χ1) is 8.13. The Bertz CT molecular complexity index is 412. The molecule has 0 aliphatic carbocycles. The standard InChI is InChI=1S/C12H19N3O2/c1-4-17-12(16)10-8-13-15-6-5-9(14(2)3)7-11(10)15/h8-9H,4-7H2,1-3H3. The van der Waals surface area contributed by atoms with Gasteiger partial charge in [-0.15, -0.1) is 0 Å². The van der Waals surface area contributed by atoms with Crippen molar-refractivity contribution in [2.75, 3.05) is 20.7 Å². The van der Waals surface area contributed by atoms with Crippen molar-refractivity contribution in [2.24, 2.45) is 0 Å². The van der Waals surface area contributed by atoms with Crippen LogP contribution >= 0.6 is 0 Å². The van der Waals surface area contributed by atoms with Crippen LogP contribution in [0.5, 0.6) is 0 Å². The number of ether oxygens (including phenoxy) is 1. The molecule has 5 heteroatoms. The molecule has 1 atom stereocenters. The fourth-order valence-corrected chi connectivity index (χ4v) is 2.24. The lowest BCUT2D eigenvalue weighted by molar-refractivity contribution is 0.0523. The zero-order valence-corrected chi connectivity index (χ0v) is 10.6. The summed E-state index contributed by atoms with van der Waals surface area (Å²) in [6.45, 7) is 3.09. The normalized spacial score (nSPS) is 19.2. The molecule has 0 spiro atoms. The lowest BCUT2D eigenvalue weighted by Crippen LogP contribution is -2.36. The van der Waals surface area contributed by atoms with E-state index in [1.54, 1.807) is 6.20 Å². The van der Waals surface area contributed by atoms with Crippen LogP contribution in [0, 0.1) is 0 Å². The van der Waals surface area contributed by atoms with Gasteiger partial charge in [0.2, 0.25) is 0 Å². The van der Waals surface area contributed by atoms with Crippen molar-refractivity contribution in [1.82, 2.24) is 14.7 Å². The van der Waals surface area contributed by atoms with E-state index >= 15 is 0 Å². The van der Waals surface area contributed by atoms with E-state index in [0.29, 0.717) is 18.2 Å². The van der Waals surface area contributed by atoms with Gasteiger partial charge < -0.3 is 9.64 Å². The lowest BCUT2D eigenvalue weighted by Gasteiger charge is -2.29. The molecule has 0 radical (unpaired) electrons.